The predicted molar refractivity (Wildman–Crippen MR) is 134 cm³/mol. The number of carbonyl (C=O) groups excluding carboxylic acids is 2. The highest BCUT2D eigenvalue weighted by Crippen LogP contribution is 2.34. The molecule has 0 saturated carbocycles. The number of hydrogen-bond acceptors (Lipinski definition) is 6. The van der Waals surface area contributed by atoms with E-state index in [0.717, 1.165) is 38.3 Å². The Balaban J connectivity index is 1.67. The van der Waals surface area contributed by atoms with Crippen molar-refractivity contribution in [3.63, 3.8) is 0 Å². The summed E-state index contributed by atoms with van der Waals surface area (Å²) in [7, 11) is 1.71. The van der Waals surface area contributed by atoms with E-state index in [9.17, 15) is 9.59 Å². The maximum atomic E-state index is 13.2. The van der Waals surface area contributed by atoms with Gasteiger partial charge in [0.25, 0.3) is 0 Å². The number of amides is 2. The maximum Gasteiger partial charge on any atom is 0.338 e. The van der Waals surface area contributed by atoms with Crippen LogP contribution in [0.25, 0.3) is 0 Å². The van der Waals surface area contributed by atoms with Crippen LogP contribution in [0.5, 0.6) is 11.5 Å². The number of nitrogens with one attached hydrogen (secondary N) is 1. The number of benzene rings is 2. The van der Waals surface area contributed by atoms with Gasteiger partial charge in [-0.05, 0) is 43.3 Å². The number of esters is 1. The molecule has 8 nitrogen and oxygen atoms in total. The fourth-order valence-corrected chi connectivity index (χ4v) is 4.51. The Morgan fingerprint density at radius 1 is 0.971 bits per heavy atom. The lowest BCUT2D eigenvalue weighted by atomic mass is 9.94. The van der Waals surface area contributed by atoms with Gasteiger partial charge in [0.2, 0.25) is 0 Å². The third-order valence-corrected chi connectivity index (χ3v) is 6.53. The summed E-state index contributed by atoms with van der Waals surface area (Å²) in [5, 5.41) is 2.99. The van der Waals surface area contributed by atoms with E-state index in [-0.39, 0.29) is 12.6 Å². The van der Waals surface area contributed by atoms with E-state index in [1.807, 2.05) is 54.6 Å². The topological polar surface area (TPSA) is 74.4 Å². The Bertz CT molecular complexity index is 1060. The number of nitrogens with zero attached hydrogens (tertiary/aromatic N) is 3. The Morgan fingerprint density at radius 2 is 1.66 bits per heavy atom. The lowest BCUT2D eigenvalue weighted by Crippen LogP contribution is -2.52. The SMILES string of the molecule is CCOC(=O)C1=C(CN2CCN(CC)CC2)N(C)C(=O)N[C@@H]1c1cccc(Oc2ccccc2)c1. The summed E-state index contributed by atoms with van der Waals surface area (Å²) >= 11 is 0. The molecule has 4 rings (SSSR count). The van der Waals surface area contributed by atoms with Crippen molar-refractivity contribution in [1.82, 2.24) is 20.0 Å². The summed E-state index contributed by atoms with van der Waals surface area (Å²) < 4.78 is 11.5. The van der Waals surface area contributed by atoms with Crippen molar-refractivity contribution in [3.8, 4) is 11.5 Å². The normalized spacial score (nSPS) is 19.5. The highest BCUT2D eigenvalue weighted by atomic mass is 16.5. The molecule has 2 aliphatic heterocycles. The van der Waals surface area contributed by atoms with Gasteiger partial charge in [0.05, 0.1) is 18.2 Å². The van der Waals surface area contributed by atoms with E-state index < -0.39 is 12.0 Å². The van der Waals surface area contributed by atoms with Crippen molar-refractivity contribution in [2.45, 2.75) is 19.9 Å². The summed E-state index contributed by atoms with van der Waals surface area (Å²) in [5.41, 5.74) is 1.90. The predicted octanol–water partition coefficient (Wildman–Crippen LogP) is 3.63. The van der Waals surface area contributed by atoms with E-state index in [0.29, 0.717) is 29.3 Å². The molecule has 0 spiro atoms. The quantitative estimate of drug-likeness (QED) is 0.584. The van der Waals surface area contributed by atoms with Crippen LogP contribution in [0.1, 0.15) is 25.5 Å². The van der Waals surface area contributed by atoms with Crippen molar-refractivity contribution in [2.24, 2.45) is 0 Å². The van der Waals surface area contributed by atoms with Crippen LogP contribution in [0.15, 0.2) is 65.9 Å². The monoisotopic (exact) mass is 478 g/mol. The van der Waals surface area contributed by atoms with Crippen LogP contribution in [-0.2, 0) is 9.53 Å². The first kappa shape index (κ1) is 24.8. The molecular formula is C27H34N4O4. The van der Waals surface area contributed by atoms with E-state index in [1.165, 1.54) is 0 Å². The number of likely N-dealkylation sites (N-methyl/N-ethyl adjacent to an activating group) is 2. The third-order valence-electron chi connectivity index (χ3n) is 6.53. The molecule has 8 heteroatoms. The van der Waals surface area contributed by atoms with Gasteiger partial charge in [-0.3, -0.25) is 9.80 Å². The fraction of sp³-hybridized carbons (Fsp3) is 0.407. The molecular weight excluding hydrogens is 444 g/mol. The van der Waals surface area contributed by atoms with Crippen molar-refractivity contribution < 1.29 is 19.1 Å². The first-order valence-corrected chi connectivity index (χ1v) is 12.2. The number of para-hydroxylation sites is 1. The second-order valence-corrected chi connectivity index (χ2v) is 8.72. The minimum absolute atomic E-state index is 0.250. The molecule has 2 amide bonds. The van der Waals surface area contributed by atoms with Gasteiger partial charge in [0.1, 0.15) is 11.5 Å². The van der Waals surface area contributed by atoms with E-state index in [4.69, 9.17) is 9.47 Å². The highest BCUT2D eigenvalue weighted by Gasteiger charge is 2.37. The number of ether oxygens (including phenoxy) is 2. The Labute approximate surface area is 207 Å². The molecule has 2 aromatic rings. The van der Waals surface area contributed by atoms with E-state index in [1.54, 1.807) is 18.9 Å². The molecule has 2 aromatic carbocycles. The van der Waals surface area contributed by atoms with Crippen LogP contribution in [0.2, 0.25) is 0 Å². The first-order chi connectivity index (χ1) is 17.0. The molecule has 1 saturated heterocycles. The van der Waals surface area contributed by atoms with Crippen LogP contribution in [0, 0.1) is 0 Å². The molecule has 0 radical (unpaired) electrons. The van der Waals surface area contributed by atoms with Crippen LogP contribution >= 0.6 is 0 Å². The van der Waals surface area contributed by atoms with Gasteiger partial charge in [-0.1, -0.05) is 37.3 Å². The van der Waals surface area contributed by atoms with Gasteiger partial charge in [0.15, 0.2) is 0 Å². The molecule has 2 heterocycles. The third kappa shape index (κ3) is 5.83. The van der Waals surface area contributed by atoms with Gasteiger partial charge in [0, 0.05) is 45.5 Å². The smallest absolute Gasteiger partial charge is 0.338 e. The van der Waals surface area contributed by atoms with Crippen molar-refractivity contribution in [2.75, 3.05) is 52.9 Å². The van der Waals surface area contributed by atoms with Gasteiger partial charge in [-0.2, -0.15) is 0 Å². The summed E-state index contributed by atoms with van der Waals surface area (Å²) in [6.07, 6.45) is 0. The molecule has 0 aromatic heterocycles. The number of urea groups is 1. The zero-order valence-electron chi connectivity index (χ0n) is 20.7. The van der Waals surface area contributed by atoms with Gasteiger partial charge in [-0.15, -0.1) is 0 Å². The second-order valence-electron chi connectivity index (χ2n) is 8.72. The maximum absolute atomic E-state index is 13.2. The van der Waals surface area contributed by atoms with Gasteiger partial charge < -0.3 is 19.7 Å². The molecule has 1 N–H and O–H groups in total. The van der Waals surface area contributed by atoms with Crippen LogP contribution < -0.4 is 10.1 Å². The molecule has 1 atom stereocenters. The van der Waals surface area contributed by atoms with Crippen LogP contribution in [0.3, 0.4) is 0 Å². The van der Waals surface area contributed by atoms with Gasteiger partial charge >= 0.3 is 12.0 Å². The average Bonchev–Trinajstić information content (AvgIpc) is 2.88. The summed E-state index contributed by atoms with van der Waals surface area (Å²) in [6, 6.07) is 16.1. The highest BCUT2D eigenvalue weighted by molar-refractivity contribution is 5.95. The largest absolute Gasteiger partial charge is 0.463 e. The second kappa shape index (κ2) is 11.4. The lowest BCUT2D eigenvalue weighted by molar-refractivity contribution is -0.139. The standard InChI is InChI=1S/C27H34N4O4/c1-4-30-14-16-31(17-15-30)19-23-24(26(32)34-5-2)25(28-27(33)29(23)3)20-10-9-13-22(18-20)35-21-11-7-6-8-12-21/h6-13,18,25H,4-5,14-17,19H2,1-3H3,(H,28,33)/t25-/m1/s1. The fourth-order valence-electron chi connectivity index (χ4n) is 4.51. The lowest BCUT2D eigenvalue weighted by Gasteiger charge is -2.39. The minimum Gasteiger partial charge on any atom is -0.463 e. The summed E-state index contributed by atoms with van der Waals surface area (Å²) in [6.45, 7) is 9.44. The van der Waals surface area contributed by atoms with Crippen molar-refractivity contribution in [1.29, 1.82) is 0 Å². The van der Waals surface area contributed by atoms with Gasteiger partial charge in [-0.25, -0.2) is 9.59 Å². The minimum atomic E-state index is -0.635. The summed E-state index contributed by atoms with van der Waals surface area (Å²) in [4.78, 5) is 32.5. The zero-order valence-corrected chi connectivity index (χ0v) is 20.7. The van der Waals surface area contributed by atoms with E-state index in [2.05, 4.69) is 22.0 Å². The Morgan fingerprint density at radius 3 is 2.34 bits per heavy atom. The van der Waals surface area contributed by atoms with Crippen molar-refractivity contribution >= 4 is 12.0 Å². The molecule has 0 unspecified atom stereocenters. The molecule has 0 aliphatic carbocycles. The number of hydrogen-bond donors (Lipinski definition) is 1. The van der Waals surface area contributed by atoms with Crippen LogP contribution in [-0.4, -0.2) is 79.6 Å². The number of rotatable bonds is 8. The average molecular weight is 479 g/mol. The number of carbonyl (C=O) groups is 2. The summed E-state index contributed by atoms with van der Waals surface area (Å²) in [5.74, 6) is 0.924. The molecule has 0 bridgehead atoms. The Hall–Kier alpha value is -3.36. The van der Waals surface area contributed by atoms with E-state index >= 15 is 0 Å². The number of piperazine rings is 1. The van der Waals surface area contributed by atoms with Crippen LogP contribution in [0.4, 0.5) is 4.79 Å². The molecule has 1 fully saturated rings. The molecule has 35 heavy (non-hydrogen) atoms. The van der Waals surface area contributed by atoms with Crippen molar-refractivity contribution in [3.05, 3.63) is 71.4 Å². The molecule has 186 valence electrons. The zero-order chi connectivity index (χ0) is 24.8. The first-order valence-electron chi connectivity index (χ1n) is 12.2. The molecule has 2 aliphatic rings. The Kier molecular flexibility index (Phi) is 8.05.